The number of anilines is 1. The molecule has 2 N–H and O–H groups in total. The van der Waals surface area contributed by atoms with E-state index in [4.69, 9.17) is 15.2 Å². The van der Waals surface area contributed by atoms with Gasteiger partial charge < -0.3 is 20.1 Å². The van der Waals surface area contributed by atoms with E-state index in [0.29, 0.717) is 25.4 Å². The number of nitrogen functional groups attached to an aromatic ring is 1. The molecular formula is C28H33F2N9O2. The maximum Gasteiger partial charge on any atom is 0.202 e. The van der Waals surface area contributed by atoms with Crippen LogP contribution < -0.4 is 10.5 Å². The number of unbranched alkanes of at least 4 members (excludes halogenated alkanes) is 1. The Morgan fingerprint density at radius 2 is 1.85 bits per heavy atom. The third-order valence-electron chi connectivity index (χ3n) is 7.71. The minimum Gasteiger partial charge on any atom is -0.490 e. The van der Waals surface area contributed by atoms with Gasteiger partial charge in [-0.15, -0.1) is 5.10 Å². The molecule has 2 aliphatic heterocycles. The van der Waals surface area contributed by atoms with Gasteiger partial charge in [-0.05, 0) is 86.8 Å². The molecule has 5 heterocycles. The molecule has 0 radical (unpaired) electrons. The first-order valence-electron chi connectivity index (χ1n) is 14.1. The van der Waals surface area contributed by atoms with Gasteiger partial charge in [0.15, 0.2) is 17.4 Å². The molecule has 0 unspecified atom stereocenters. The molecule has 6 rings (SSSR count). The second-order valence-electron chi connectivity index (χ2n) is 10.4. The number of hydrogen-bond acceptors (Lipinski definition) is 9. The topological polar surface area (TPSA) is 122 Å². The Morgan fingerprint density at radius 1 is 1.02 bits per heavy atom. The van der Waals surface area contributed by atoms with E-state index in [1.165, 1.54) is 25.0 Å². The molecule has 4 aromatic rings. The van der Waals surface area contributed by atoms with Gasteiger partial charge in [-0.2, -0.15) is 14.2 Å². The van der Waals surface area contributed by atoms with Gasteiger partial charge in [0.05, 0.1) is 24.4 Å². The second kappa shape index (κ2) is 12.3. The summed E-state index contributed by atoms with van der Waals surface area (Å²) in [7, 11) is 0. The first-order valence-corrected chi connectivity index (χ1v) is 14.1. The Morgan fingerprint density at radius 3 is 2.68 bits per heavy atom. The molecule has 0 atom stereocenters. The molecule has 2 aliphatic rings. The summed E-state index contributed by atoms with van der Waals surface area (Å²) in [4.78, 5) is 6.73. The Balaban J connectivity index is 1.19. The number of benzene rings is 1. The van der Waals surface area contributed by atoms with Crippen molar-refractivity contribution in [3.05, 3.63) is 48.4 Å². The Bertz CT molecular complexity index is 1480. The molecule has 2 saturated heterocycles. The van der Waals surface area contributed by atoms with E-state index in [1.807, 2.05) is 10.9 Å². The highest BCUT2D eigenvalue weighted by Gasteiger charge is 2.23. The Labute approximate surface area is 236 Å². The van der Waals surface area contributed by atoms with E-state index >= 15 is 8.78 Å². The second-order valence-corrected chi connectivity index (χ2v) is 10.4. The standard InChI is InChI=1S/C28H33F2N9O2/c29-25-23(5-6-24(26(25)30)41-12-4-3-11-37-9-1-2-10-37)39-28(34-35-36-39)22-15-19(16-32-27(22)31)20-17-33-38(18-20)21-7-13-40-14-8-21/h5-6,15-18,21H,1-4,7-14H2,(H2,31,32). The van der Waals surface area contributed by atoms with Gasteiger partial charge in [-0.25, -0.2) is 9.37 Å². The molecule has 11 nitrogen and oxygen atoms in total. The monoisotopic (exact) mass is 565 g/mol. The molecule has 0 spiro atoms. The van der Waals surface area contributed by atoms with Crippen molar-refractivity contribution in [3.63, 3.8) is 0 Å². The van der Waals surface area contributed by atoms with Crippen LogP contribution in [-0.2, 0) is 4.74 Å². The first-order chi connectivity index (χ1) is 20.1. The number of ether oxygens (including phenoxy) is 2. The number of likely N-dealkylation sites (tertiary alicyclic amines) is 1. The smallest absolute Gasteiger partial charge is 0.202 e. The molecule has 0 saturated carbocycles. The number of aromatic nitrogens is 7. The lowest BCUT2D eigenvalue weighted by Gasteiger charge is -2.22. The van der Waals surface area contributed by atoms with E-state index in [2.05, 4.69) is 30.5 Å². The maximum absolute atomic E-state index is 15.3. The average Bonchev–Trinajstić information content (AvgIpc) is 3.79. The summed E-state index contributed by atoms with van der Waals surface area (Å²) in [6, 6.07) is 4.82. The van der Waals surface area contributed by atoms with E-state index in [0.717, 1.165) is 61.1 Å². The predicted octanol–water partition coefficient (Wildman–Crippen LogP) is 4.05. The predicted molar refractivity (Wildman–Crippen MR) is 147 cm³/mol. The van der Waals surface area contributed by atoms with E-state index < -0.39 is 11.6 Å². The average molecular weight is 566 g/mol. The number of nitrogens with zero attached hydrogens (tertiary/aromatic N) is 8. The zero-order valence-electron chi connectivity index (χ0n) is 22.8. The molecule has 1 aromatic carbocycles. The zero-order valence-corrected chi connectivity index (χ0v) is 22.8. The first kappa shape index (κ1) is 27.2. The zero-order chi connectivity index (χ0) is 28.2. The van der Waals surface area contributed by atoms with E-state index in [9.17, 15) is 0 Å². The normalized spacial score (nSPS) is 16.4. The number of tetrazole rings is 1. The molecule has 0 bridgehead atoms. The van der Waals surface area contributed by atoms with Crippen molar-refractivity contribution in [1.82, 2.24) is 39.9 Å². The van der Waals surface area contributed by atoms with Crippen molar-refractivity contribution in [2.24, 2.45) is 0 Å². The van der Waals surface area contributed by atoms with Crippen molar-refractivity contribution < 1.29 is 18.3 Å². The fourth-order valence-electron chi connectivity index (χ4n) is 5.39. The summed E-state index contributed by atoms with van der Waals surface area (Å²) in [5, 5.41) is 16.2. The third-order valence-corrected chi connectivity index (χ3v) is 7.71. The third kappa shape index (κ3) is 5.91. The van der Waals surface area contributed by atoms with Gasteiger partial charge >= 0.3 is 0 Å². The van der Waals surface area contributed by atoms with Crippen LogP contribution in [0.1, 0.15) is 44.6 Å². The van der Waals surface area contributed by atoms with Crippen LogP contribution in [0.2, 0.25) is 0 Å². The van der Waals surface area contributed by atoms with Crippen LogP contribution in [0.3, 0.4) is 0 Å². The fourth-order valence-corrected chi connectivity index (χ4v) is 5.39. The van der Waals surface area contributed by atoms with Crippen LogP contribution in [0.5, 0.6) is 5.75 Å². The molecule has 2 fully saturated rings. The van der Waals surface area contributed by atoms with E-state index in [1.54, 1.807) is 18.5 Å². The molecule has 13 heteroatoms. The van der Waals surface area contributed by atoms with E-state index in [-0.39, 0.29) is 29.1 Å². The maximum atomic E-state index is 15.3. The number of rotatable bonds is 10. The molecule has 0 aliphatic carbocycles. The van der Waals surface area contributed by atoms with Crippen molar-refractivity contribution in [1.29, 1.82) is 0 Å². The van der Waals surface area contributed by atoms with Crippen molar-refractivity contribution in [2.75, 3.05) is 45.2 Å². The van der Waals surface area contributed by atoms with Crippen LogP contribution in [0.4, 0.5) is 14.6 Å². The van der Waals surface area contributed by atoms with Crippen molar-refractivity contribution >= 4 is 5.82 Å². The molecule has 216 valence electrons. The van der Waals surface area contributed by atoms with Crippen molar-refractivity contribution in [2.45, 2.75) is 44.6 Å². The van der Waals surface area contributed by atoms with Crippen LogP contribution in [0.15, 0.2) is 36.8 Å². The summed E-state index contributed by atoms with van der Waals surface area (Å²) in [6.07, 6.45) is 11.3. The number of pyridine rings is 1. The van der Waals surface area contributed by atoms with Gasteiger partial charge in [-0.3, -0.25) is 4.68 Å². The number of halogens is 2. The summed E-state index contributed by atoms with van der Waals surface area (Å²) in [6.45, 7) is 4.99. The van der Waals surface area contributed by atoms with Crippen LogP contribution in [-0.4, -0.2) is 79.3 Å². The van der Waals surface area contributed by atoms with Gasteiger partial charge in [0.25, 0.3) is 0 Å². The summed E-state index contributed by atoms with van der Waals surface area (Å²) in [5.74, 6) is -2.08. The lowest BCUT2D eigenvalue weighted by molar-refractivity contribution is 0.0662. The quantitative estimate of drug-likeness (QED) is 0.284. The largest absolute Gasteiger partial charge is 0.490 e. The summed E-state index contributed by atoms with van der Waals surface area (Å²) >= 11 is 0. The Hall–Kier alpha value is -3.97. The van der Waals surface area contributed by atoms with Gasteiger partial charge in [0, 0.05) is 36.7 Å². The molecule has 0 amide bonds. The van der Waals surface area contributed by atoms with Crippen molar-refractivity contribution in [3.8, 4) is 34.0 Å². The lowest BCUT2D eigenvalue weighted by atomic mass is 10.1. The minimum absolute atomic E-state index is 0.127. The minimum atomic E-state index is -1.12. The Kier molecular flexibility index (Phi) is 8.14. The molecular weight excluding hydrogens is 532 g/mol. The fraction of sp³-hybridized carbons (Fsp3) is 0.464. The highest BCUT2D eigenvalue weighted by Crippen LogP contribution is 2.32. The summed E-state index contributed by atoms with van der Waals surface area (Å²) < 4.78 is 44.4. The van der Waals surface area contributed by atoms with Crippen LogP contribution >= 0.6 is 0 Å². The SMILES string of the molecule is Nc1ncc(-c2cnn(C3CCOCC3)c2)cc1-c1nnnn1-c1ccc(OCCCCN2CCCC2)c(F)c1F. The van der Waals surface area contributed by atoms with Gasteiger partial charge in [0.2, 0.25) is 5.82 Å². The highest BCUT2D eigenvalue weighted by molar-refractivity contribution is 5.76. The van der Waals surface area contributed by atoms with Crippen LogP contribution in [0.25, 0.3) is 28.2 Å². The van der Waals surface area contributed by atoms with Gasteiger partial charge in [0.1, 0.15) is 11.5 Å². The highest BCUT2D eigenvalue weighted by atomic mass is 19.2. The number of nitrogens with two attached hydrogens (primary N) is 1. The molecule has 3 aromatic heterocycles. The van der Waals surface area contributed by atoms with Crippen LogP contribution in [0, 0.1) is 11.6 Å². The summed E-state index contributed by atoms with van der Waals surface area (Å²) in [5.41, 5.74) is 7.98. The molecule has 41 heavy (non-hydrogen) atoms. The van der Waals surface area contributed by atoms with Gasteiger partial charge in [-0.1, -0.05) is 0 Å². The lowest BCUT2D eigenvalue weighted by Crippen LogP contribution is -2.20. The number of hydrogen-bond donors (Lipinski definition) is 1.